The molecular weight excluding hydrogens is 358 g/mol. The van der Waals surface area contributed by atoms with E-state index in [-0.39, 0.29) is 5.91 Å². The predicted octanol–water partition coefficient (Wildman–Crippen LogP) is 4.56. The minimum Gasteiger partial charge on any atom is -0.296 e. The first-order chi connectivity index (χ1) is 13.0. The Morgan fingerprint density at radius 2 is 1.96 bits per heavy atom. The normalized spacial score (nSPS) is 11.1. The van der Waals surface area contributed by atoms with Crippen molar-refractivity contribution in [1.82, 2.24) is 20.0 Å². The van der Waals surface area contributed by atoms with E-state index >= 15 is 0 Å². The summed E-state index contributed by atoms with van der Waals surface area (Å²) in [6, 6.07) is 9.65. The number of benzene rings is 1. The quantitative estimate of drug-likeness (QED) is 0.649. The second kappa shape index (κ2) is 8.43. The molecule has 1 aromatic carbocycles. The molecule has 1 amide bonds. The first-order valence-corrected chi connectivity index (χ1v) is 10.1. The molecule has 6 nitrogen and oxygen atoms in total. The predicted molar refractivity (Wildman–Crippen MR) is 108 cm³/mol. The van der Waals surface area contributed by atoms with Gasteiger partial charge in [0, 0.05) is 17.2 Å². The summed E-state index contributed by atoms with van der Waals surface area (Å²) in [6.45, 7) is 8.93. The van der Waals surface area contributed by atoms with Gasteiger partial charge in [-0.15, -0.1) is 10.2 Å². The Bertz CT molecular complexity index is 926. The fourth-order valence-electron chi connectivity index (χ4n) is 3.08. The summed E-state index contributed by atoms with van der Waals surface area (Å²) in [4.78, 5) is 12.6. The molecule has 1 N–H and O–H groups in total. The number of nitrogens with zero attached hydrogens (tertiary/aromatic N) is 4. The number of aromatic nitrogens is 4. The summed E-state index contributed by atoms with van der Waals surface area (Å²) in [6.07, 6.45) is 2.04. The van der Waals surface area contributed by atoms with Crippen LogP contribution in [0.4, 0.5) is 5.13 Å². The van der Waals surface area contributed by atoms with Crippen molar-refractivity contribution in [3.63, 3.8) is 0 Å². The van der Waals surface area contributed by atoms with Crippen molar-refractivity contribution in [2.24, 2.45) is 0 Å². The third-order valence-corrected chi connectivity index (χ3v) is 5.62. The van der Waals surface area contributed by atoms with Crippen molar-refractivity contribution < 1.29 is 4.79 Å². The third-order valence-electron chi connectivity index (χ3n) is 4.62. The maximum atomic E-state index is 12.6. The summed E-state index contributed by atoms with van der Waals surface area (Å²) < 4.78 is 1.94. The molecule has 0 saturated heterocycles. The van der Waals surface area contributed by atoms with Crippen molar-refractivity contribution >= 4 is 22.4 Å². The number of carbonyl (C=O) groups excluding carboxylic acids is 1. The highest BCUT2D eigenvalue weighted by atomic mass is 32.1. The molecular formula is C20H25N5OS. The van der Waals surface area contributed by atoms with Gasteiger partial charge in [-0.05, 0) is 50.5 Å². The zero-order valence-corrected chi connectivity index (χ0v) is 17.0. The Morgan fingerprint density at radius 1 is 1.19 bits per heavy atom. The van der Waals surface area contributed by atoms with Gasteiger partial charge in [-0.3, -0.25) is 14.8 Å². The standard InChI is InChI=1S/C20H25N5OS/c1-5-16(6-2)19-22-23-20(27-19)21-18(26)17-9-7-8-15(11-17)12-25-14(4)10-13(3)24-25/h7-11,16H,5-6,12H2,1-4H3,(H,21,23,26). The molecule has 0 saturated carbocycles. The summed E-state index contributed by atoms with van der Waals surface area (Å²) in [7, 11) is 0. The minimum atomic E-state index is -0.169. The first-order valence-electron chi connectivity index (χ1n) is 9.24. The van der Waals surface area contributed by atoms with E-state index in [0.29, 0.717) is 23.2 Å². The zero-order chi connectivity index (χ0) is 19.4. The van der Waals surface area contributed by atoms with Gasteiger partial charge in [0.25, 0.3) is 5.91 Å². The van der Waals surface area contributed by atoms with E-state index in [4.69, 9.17) is 0 Å². The third kappa shape index (κ3) is 4.60. The lowest BCUT2D eigenvalue weighted by Crippen LogP contribution is -2.12. The molecule has 0 unspecified atom stereocenters. The lowest BCUT2D eigenvalue weighted by Gasteiger charge is -2.07. The van der Waals surface area contributed by atoms with E-state index in [9.17, 15) is 4.79 Å². The molecule has 0 aliphatic heterocycles. The molecule has 27 heavy (non-hydrogen) atoms. The second-order valence-electron chi connectivity index (χ2n) is 6.70. The number of hydrogen-bond acceptors (Lipinski definition) is 5. The number of nitrogens with one attached hydrogen (secondary N) is 1. The molecule has 0 atom stereocenters. The van der Waals surface area contributed by atoms with Crippen LogP contribution >= 0.6 is 11.3 Å². The fraction of sp³-hybridized carbons (Fsp3) is 0.400. The largest absolute Gasteiger partial charge is 0.296 e. The number of rotatable bonds is 7. The first kappa shape index (κ1) is 19.2. The van der Waals surface area contributed by atoms with Gasteiger partial charge in [0.1, 0.15) is 5.01 Å². The molecule has 0 bridgehead atoms. The minimum absolute atomic E-state index is 0.169. The van der Waals surface area contributed by atoms with E-state index in [0.717, 1.165) is 34.8 Å². The lowest BCUT2D eigenvalue weighted by atomic mass is 10.1. The molecule has 0 aliphatic carbocycles. The number of carbonyl (C=O) groups is 1. The lowest BCUT2D eigenvalue weighted by molar-refractivity contribution is 0.102. The van der Waals surface area contributed by atoms with E-state index in [1.165, 1.54) is 11.3 Å². The van der Waals surface area contributed by atoms with Crippen LogP contribution in [-0.4, -0.2) is 25.9 Å². The maximum Gasteiger partial charge on any atom is 0.257 e. The van der Waals surface area contributed by atoms with E-state index in [2.05, 4.69) is 34.5 Å². The summed E-state index contributed by atoms with van der Waals surface area (Å²) in [5.41, 5.74) is 3.73. The van der Waals surface area contributed by atoms with Gasteiger partial charge in [-0.25, -0.2) is 0 Å². The molecule has 0 radical (unpaired) electrons. The van der Waals surface area contributed by atoms with Crippen LogP contribution in [0.3, 0.4) is 0 Å². The van der Waals surface area contributed by atoms with Crippen LogP contribution in [0.1, 0.15) is 64.9 Å². The molecule has 2 heterocycles. The van der Waals surface area contributed by atoms with Crippen molar-refractivity contribution in [2.75, 3.05) is 5.32 Å². The average molecular weight is 384 g/mol. The fourth-order valence-corrected chi connectivity index (χ4v) is 4.08. The summed E-state index contributed by atoms with van der Waals surface area (Å²) >= 11 is 1.46. The van der Waals surface area contributed by atoms with E-state index in [1.807, 2.05) is 48.9 Å². The van der Waals surface area contributed by atoms with Crippen molar-refractivity contribution in [1.29, 1.82) is 0 Å². The summed E-state index contributed by atoms with van der Waals surface area (Å²) in [5.74, 6) is 0.231. The molecule has 3 aromatic rings. The van der Waals surface area contributed by atoms with Crippen LogP contribution in [0.25, 0.3) is 0 Å². The molecule has 3 rings (SSSR count). The highest BCUT2D eigenvalue weighted by Crippen LogP contribution is 2.28. The molecule has 2 aromatic heterocycles. The topological polar surface area (TPSA) is 72.7 Å². The summed E-state index contributed by atoms with van der Waals surface area (Å²) in [5, 5.41) is 17.2. The number of anilines is 1. The molecule has 0 spiro atoms. The van der Waals surface area contributed by atoms with E-state index in [1.54, 1.807) is 0 Å². The number of amides is 1. The van der Waals surface area contributed by atoms with Crippen LogP contribution in [0.2, 0.25) is 0 Å². The number of hydrogen-bond donors (Lipinski definition) is 1. The van der Waals surface area contributed by atoms with Crippen molar-refractivity contribution in [3.8, 4) is 0 Å². The Hall–Kier alpha value is -2.54. The monoisotopic (exact) mass is 383 g/mol. The average Bonchev–Trinajstić information content (AvgIpc) is 3.22. The van der Waals surface area contributed by atoms with Crippen LogP contribution in [0.5, 0.6) is 0 Å². The molecule has 142 valence electrons. The van der Waals surface area contributed by atoms with Crippen LogP contribution in [-0.2, 0) is 6.54 Å². The molecule has 0 aliphatic rings. The van der Waals surface area contributed by atoms with Crippen molar-refractivity contribution in [3.05, 3.63) is 57.9 Å². The van der Waals surface area contributed by atoms with E-state index < -0.39 is 0 Å². The highest BCUT2D eigenvalue weighted by Gasteiger charge is 2.15. The van der Waals surface area contributed by atoms with Crippen LogP contribution < -0.4 is 5.32 Å². The van der Waals surface area contributed by atoms with Crippen LogP contribution in [0.15, 0.2) is 30.3 Å². The Labute approximate surface area is 163 Å². The van der Waals surface area contributed by atoms with Crippen LogP contribution in [0, 0.1) is 13.8 Å². The van der Waals surface area contributed by atoms with Crippen molar-refractivity contribution in [2.45, 2.75) is 53.0 Å². The maximum absolute atomic E-state index is 12.6. The van der Waals surface area contributed by atoms with Gasteiger partial charge in [-0.1, -0.05) is 37.3 Å². The Balaban J connectivity index is 1.71. The molecule has 7 heteroatoms. The molecule has 0 fully saturated rings. The smallest absolute Gasteiger partial charge is 0.257 e. The van der Waals surface area contributed by atoms with Gasteiger partial charge in [0.15, 0.2) is 0 Å². The Morgan fingerprint density at radius 3 is 2.63 bits per heavy atom. The number of aryl methyl sites for hydroxylation is 2. The van der Waals surface area contributed by atoms with Gasteiger partial charge in [-0.2, -0.15) is 5.10 Å². The van der Waals surface area contributed by atoms with Gasteiger partial charge in [0.2, 0.25) is 5.13 Å². The van der Waals surface area contributed by atoms with Gasteiger partial charge < -0.3 is 0 Å². The second-order valence-corrected chi connectivity index (χ2v) is 7.71. The van der Waals surface area contributed by atoms with Gasteiger partial charge >= 0.3 is 0 Å². The van der Waals surface area contributed by atoms with Gasteiger partial charge in [0.05, 0.1) is 12.2 Å². The highest BCUT2D eigenvalue weighted by molar-refractivity contribution is 7.15. The zero-order valence-electron chi connectivity index (χ0n) is 16.2. The Kier molecular flexibility index (Phi) is 6.01. The SMILES string of the molecule is CCC(CC)c1nnc(NC(=O)c2cccc(Cn3nc(C)cc3C)c2)s1.